The highest BCUT2D eigenvalue weighted by Gasteiger charge is 2.30. The number of fused-ring (bicyclic) bond motifs is 1. The monoisotopic (exact) mass is 323 g/mol. The average Bonchev–Trinajstić information content (AvgIpc) is 2.76. The Balaban J connectivity index is 2.19. The third-order valence-electron chi connectivity index (χ3n) is 3.06. The maximum atomic E-state index is 11.9. The summed E-state index contributed by atoms with van der Waals surface area (Å²) in [5.74, 6) is -0.371. The second kappa shape index (κ2) is 5.23. The molecular weight excluding hydrogens is 314 g/mol. The van der Waals surface area contributed by atoms with Crippen LogP contribution in [0.15, 0.2) is 28.0 Å². The number of nitrogens with one attached hydrogen (secondary N) is 1. The zero-order valence-corrected chi connectivity index (χ0v) is 12.6. The molecule has 2 aliphatic rings. The minimum atomic E-state index is -0.945. The number of carboxylic acid groups (broad SMARTS) is 1. The Kier molecular flexibility index (Phi) is 3.57. The Labute approximate surface area is 129 Å². The summed E-state index contributed by atoms with van der Waals surface area (Å²) < 4.78 is 0.451. The smallest absolute Gasteiger partial charge is 0.336 e. The molecule has 0 aromatic heterocycles. The van der Waals surface area contributed by atoms with E-state index in [0.717, 1.165) is 28.2 Å². The molecule has 4 nitrogen and oxygen atoms in total. The Morgan fingerprint density at radius 2 is 2.20 bits per heavy atom. The lowest BCUT2D eigenvalue weighted by molar-refractivity contribution is -0.115. The number of allylic oxidation sites excluding steroid dienone is 1. The van der Waals surface area contributed by atoms with E-state index in [1.807, 2.05) is 6.07 Å². The Morgan fingerprint density at radius 1 is 1.40 bits per heavy atom. The number of amides is 1. The average molecular weight is 323 g/mol. The van der Waals surface area contributed by atoms with Gasteiger partial charge in [-0.25, -0.2) is 4.79 Å². The summed E-state index contributed by atoms with van der Waals surface area (Å²) in [5.41, 5.74) is 2.02. The van der Waals surface area contributed by atoms with E-state index in [0.29, 0.717) is 9.23 Å². The third kappa shape index (κ3) is 2.25. The first-order valence-corrected chi connectivity index (χ1v) is 8.04. The maximum absolute atomic E-state index is 11.9. The molecule has 0 radical (unpaired) electrons. The Morgan fingerprint density at radius 3 is 2.85 bits per heavy atom. The van der Waals surface area contributed by atoms with Crippen molar-refractivity contribution in [1.29, 1.82) is 0 Å². The minimum Gasteiger partial charge on any atom is -0.478 e. The molecule has 102 valence electrons. The highest BCUT2D eigenvalue weighted by Crippen LogP contribution is 2.43. The Hall–Kier alpha value is -1.31. The van der Waals surface area contributed by atoms with Crippen molar-refractivity contribution >= 4 is 57.5 Å². The fraction of sp³-hybridized carbons (Fsp3) is 0.154. The van der Waals surface area contributed by atoms with Crippen molar-refractivity contribution in [3.8, 4) is 0 Å². The van der Waals surface area contributed by atoms with E-state index >= 15 is 0 Å². The van der Waals surface area contributed by atoms with Gasteiger partial charge in [-0.2, -0.15) is 0 Å². The van der Waals surface area contributed by atoms with Crippen LogP contribution in [0.2, 0.25) is 0 Å². The summed E-state index contributed by atoms with van der Waals surface area (Å²) in [5, 5.41) is 11.9. The lowest BCUT2D eigenvalue weighted by Crippen LogP contribution is -2.18. The fourth-order valence-electron chi connectivity index (χ4n) is 2.24. The summed E-state index contributed by atoms with van der Waals surface area (Å²) in [6.07, 6.45) is 0.735. The molecule has 2 N–H and O–H groups in total. The lowest BCUT2D eigenvalue weighted by Gasteiger charge is -2.21. The molecule has 1 fully saturated rings. The number of thiocarbonyl (C=S) groups is 1. The van der Waals surface area contributed by atoms with Crippen molar-refractivity contribution in [2.45, 2.75) is 11.3 Å². The van der Waals surface area contributed by atoms with Crippen LogP contribution in [0.25, 0.3) is 5.57 Å². The number of carbonyl (C=O) groups is 2. The van der Waals surface area contributed by atoms with Crippen LogP contribution in [-0.2, 0) is 4.79 Å². The predicted octanol–water partition coefficient (Wildman–Crippen LogP) is 2.74. The van der Waals surface area contributed by atoms with Gasteiger partial charge in [0, 0.05) is 10.6 Å². The van der Waals surface area contributed by atoms with Crippen LogP contribution in [0.4, 0.5) is 0 Å². The molecule has 2 heterocycles. The predicted molar refractivity (Wildman–Crippen MR) is 84.0 cm³/mol. The molecule has 1 amide bonds. The van der Waals surface area contributed by atoms with Gasteiger partial charge in [0.15, 0.2) is 0 Å². The van der Waals surface area contributed by atoms with E-state index in [4.69, 9.17) is 12.2 Å². The zero-order chi connectivity index (χ0) is 14.3. The third-order valence-corrected chi connectivity index (χ3v) is 5.47. The molecule has 1 saturated heterocycles. The van der Waals surface area contributed by atoms with E-state index in [-0.39, 0.29) is 11.5 Å². The van der Waals surface area contributed by atoms with Crippen molar-refractivity contribution in [2.24, 2.45) is 0 Å². The van der Waals surface area contributed by atoms with Crippen LogP contribution in [0, 0.1) is 0 Å². The number of thioether (sulfide) groups is 2. The number of hydrogen-bond donors (Lipinski definition) is 2. The first-order valence-electron chi connectivity index (χ1n) is 5.83. The maximum Gasteiger partial charge on any atom is 0.336 e. The first kappa shape index (κ1) is 13.7. The van der Waals surface area contributed by atoms with Crippen LogP contribution in [-0.4, -0.2) is 27.1 Å². The minimum absolute atomic E-state index is 0.187. The second-order valence-electron chi connectivity index (χ2n) is 4.24. The largest absolute Gasteiger partial charge is 0.478 e. The lowest BCUT2D eigenvalue weighted by atomic mass is 9.99. The quantitative estimate of drug-likeness (QED) is 0.612. The molecule has 0 atom stereocenters. The molecule has 3 rings (SSSR count). The number of benzene rings is 1. The van der Waals surface area contributed by atoms with Crippen LogP contribution < -0.4 is 5.32 Å². The highest BCUT2D eigenvalue weighted by atomic mass is 32.2. The number of rotatable bonds is 1. The highest BCUT2D eigenvalue weighted by molar-refractivity contribution is 8.26. The van der Waals surface area contributed by atoms with Gasteiger partial charge in [0.05, 0.1) is 10.5 Å². The summed E-state index contributed by atoms with van der Waals surface area (Å²) in [6, 6.07) is 5.17. The molecule has 0 bridgehead atoms. The SMILES string of the molecule is O=C1NC(=S)SC1=C1CCSc2c(C(=O)O)cccc21. The van der Waals surface area contributed by atoms with Gasteiger partial charge >= 0.3 is 5.97 Å². The van der Waals surface area contributed by atoms with Crippen molar-refractivity contribution in [3.05, 3.63) is 34.2 Å². The summed E-state index contributed by atoms with van der Waals surface area (Å²) >= 11 is 7.78. The van der Waals surface area contributed by atoms with Gasteiger partial charge in [-0.05, 0) is 23.6 Å². The van der Waals surface area contributed by atoms with Gasteiger partial charge in [0.1, 0.15) is 4.32 Å². The molecule has 2 aliphatic heterocycles. The van der Waals surface area contributed by atoms with Gasteiger partial charge in [-0.3, -0.25) is 4.79 Å². The number of aromatic carboxylic acids is 1. The van der Waals surface area contributed by atoms with Crippen molar-refractivity contribution < 1.29 is 14.7 Å². The standard InChI is InChI=1S/C13H9NO3S3/c15-11-10(20-13(18)14-11)7-4-5-19-9-6(7)2-1-3-8(9)12(16)17/h1-3H,4-5H2,(H,16,17)(H,14,15,18). The van der Waals surface area contributed by atoms with Gasteiger partial charge in [0.25, 0.3) is 5.91 Å². The molecule has 1 aromatic rings. The molecule has 0 saturated carbocycles. The fourth-order valence-corrected chi connectivity index (χ4v) is 4.56. The molecule has 7 heteroatoms. The van der Waals surface area contributed by atoms with E-state index in [2.05, 4.69) is 5.32 Å². The van der Waals surface area contributed by atoms with E-state index < -0.39 is 5.97 Å². The van der Waals surface area contributed by atoms with Crippen molar-refractivity contribution in [3.63, 3.8) is 0 Å². The number of hydrogen-bond acceptors (Lipinski definition) is 5. The topological polar surface area (TPSA) is 66.4 Å². The van der Waals surface area contributed by atoms with Gasteiger partial charge < -0.3 is 10.4 Å². The van der Waals surface area contributed by atoms with Crippen LogP contribution in [0.1, 0.15) is 22.3 Å². The second-order valence-corrected chi connectivity index (χ2v) is 7.03. The zero-order valence-electron chi connectivity index (χ0n) is 10.1. The summed E-state index contributed by atoms with van der Waals surface area (Å²) in [7, 11) is 0. The first-order chi connectivity index (χ1) is 9.58. The van der Waals surface area contributed by atoms with Crippen molar-refractivity contribution in [2.75, 3.05) is 5.75 Å². The van der Waals surface area contributed by atoms with Crippen LogP contribution in [0.5, 0.6) is 0 Å². The molecular formula is C13H9NO3S3. The van der Waals surface area contributed by atoms with Crippen molar-refractivity contribution in [1.82, 2.24) is 5.32 Å². The Bertz CT molecular complexity index is 681. The van der Waals surface area contributed by atoms with Gasteiger partial charge in [-0.15, -0.1) is 11.8 Å². The van der Waals surface area contributed by atoms with Gasteiger partial charge in [-0.1, -0.05) is 36.1 Å². The van der Waals surface area contributed by atoms with Crippen LogP contribution >= 0.6 is 35.7 Å². The summed E-state index contributed by atoms with van der Waals surface area (Å²) in [4.78, 5) is 24.5. The number of carboxylic acids is 1. The molecule has 0 unspecified atom stereocenters. The molecule has 0 aliphatic carbocycles. The number of carbonyl (C=O) groups excluding carboxylic acids is 1. The molecule has 1 aromatic carbocycles. The molecule has 0 spiro atoms. The normalized spacial score (nSPS) is 21.6. The van der Waals surface area contributed by atoms with Crippen LogP contribution in [0.3, 0.4) is 0 Å². The molecule has 20 heavy (non-hydrogen) atoms. The van der Waals surface area contributed by atoms with E-state index in [1.165, 1.54) is 23.5 Å². The van der Waals surface area contributed by atoms with E-state index in [1.54, 1.807) is 12.1 Å². The summed E-state index contributed by atoms with van der Waals surface area (Å²) in [6.45, 7) is 0. The van der Waals surface area contributed by atoms with E-state index in [9.17, 15) is 14.7 Å². The van der Waals surface area contributed by atoms with Gasteiger partial charge in [0.2, 0.25) is 0 Å².